The summed E-state index contributed by atoms with van der Waals surface area (Å²) in [5.74, 6) is 0. The van der Waals surface area contributed by atoms with Crippen molar-refractivity contribution in [1.29, 1.82) is 0 Å². The van der Waals surface area contributed by atoms with E-state index in [2.05, 4.69) is 48.1 Å². The Balaban J connectivity index is 2.09. The number of nitrogens with one attached hydrogen (secondary N) is 2. The maximum Gasteiger partial charge on any atom is 0.411 e. The summed E-state index contributed by atoms with van der Waals surface area (Å²) in [5, 5.41) is 5.57. The molecule has 0 heterocycles. The molecule has 326 valence electrons. The Morgan fingerprint density at radius 3 is 1.00 bits per heavy atom. The number of benzene rings is 1. The highest BCUT2D eigenvalue weighted by Gasteiger charge is 2.10. The van der Waals surface area contributed by atoms with Crippen molar-refractivity contribution >= 4 is 23.6 Å². The molecule has 8 nitrogen and oxygen atoms in total. The zero-order valence-corrected chi connectivity index (χ0v) is 37.3. The number of nitrogens with zero attached hydrogens (tertiary/aromatic N) is 2. The number of anilines is 2. The minimum Gasteiger partial charge on any atom is -0.448 e. The largest absolute Gasteiger partial charge is 0.448 e. The van der Waals surface area contributed by atoms with E-state index in [1.54, 1.807) is 24.3 Å². The summed E-state index contributed by atoms with van der Waals surface area (Å²) in [4.78, 5) is 29.7. The molecule has 0 unspecified atom stereocenters. The van der Waals surface area contributed by atoms with Gasteiger partial charge in [0.05, 0.1) is 0 Å². The molecule has 0 aliphatic rings. The summed E-state index contributed by atoms with van der Waals surface area (Å²) < 4.78 is 11.0. The van der Waals surface area contributed by atoms with Crippen molar-refractivity contribution < 1.29 is 19.1 Å². The van der Waals surface area contributed by atoms with Crippen molar-refractivity contribution in [3.63, 3.8) is 0 Å². The average molecular weight is 787 g/mol. The van der Waals surface area contributed by atoms with Crippen LogP contribution in [0.2, 0.25) is 0 Å². The van der Waals surface area contributed by atoms with Crippen LogP contribution >= 0.6 is 0 Å². The van der Waals surface area contributed by atoms with E-state index in [0.717, 1.165) is 39.3 Å². The molecule has 56 heavy (non-hydrogen) atoms. The molecule has 8 heteroatoms. The van der Waals surface area contributed by atoms with Crippen LogP contribution in [0.15, 0.2) is 24.3 Å². The molecule has 0 saturated carbocycles. The first-order valence-corrected chi connectivity index (χ1v) is 23.9. The van der Waals surface area contributed by atoms with Gasteiger partial charge in [0.25, 0.3) is 0 Å². The molecule has 0 aliphatic carbocycles. The third-order valence-corrected chi connectivity index (χ3v) is 11.2. The van der Waals surface area contributed by atoms with E-state index in [4.69, 9.17) is 9.47 Å². The quantitative estimate of drug-likeness (QED) is 0.0645. The lowest BCUT2D eigenvalue weighted by Crippen LogP contribution is -2.30. The van der Waals surface area contributed by atoms with Crippen LogP contribution in [-0.2, 0) is 9.47 Å². The molecule has 1 rings (SSSR count). The lowest BCUT2D eigenvalue weighted by Gasteiger charge is -2.20. The fourth-order valence-electron chi connectivity index (χ4n) is 7.43. The molecular formula is C48H90N4O4. The molecule has 2 N–H and O–H groups in total. The van der Waals surface area contributed by atoms with Crippen molar-refractivity contribution in [1.82, 2.24) is 9.80 Å². The second-order valence-electron chi connectivity index (χ2n) is 16.2. The van der Waals surface area contributed by atoms with Gasteiger partial charge in [0.1, 0.15) is 13.2 Å². The molecule has 0 saturated heterocycles. The first-order valence-electron chi connectivity index (χ1n) is 23.9. The maximum atomic E-state index is 12.5. The van der Waals surface area contributed by atoms with Crippen molar-refractivity contribution in [2.24, 2.45) is 0 Å². The molecule has 0 bridgehead atoms. The van der Waals surface area contributed by atoms with Gasteiger partial charge in [0.15, 0.2) is 0 Å². The third-order valence-electron chi connectivity index (χ3n) is 11.2. The SMILES string of the molecule is CCCCCCCCCCCCCCCCN(CC)CCOC(=O)Nc1cccc(NC(=O)OCCN(CC)CCCCCCCCCCCCCCCC)c1. The standard InChI is InChI=1S/C48H90N4O4/c1-5-9-11-13-15-17-19-21-23-25-27-29-31-33-38-51(7-3)40-42-55-47(53)49-45-36-35-37-46(44-45)50-48(54)56-43-41-52(8-4)39-34-32-30-28-26-24-22-20-18-16-14-12-10-6-2/h35-37,44H,5-34,38-43H2,1-4H3,(H,49,53)(H,50,54). The van der Waals surface area contributed by atoms with Gasteiger partial charge in [-0.3, -0.25) is 10.6 Å². The van der Waals surface area contributed by atoms with E-state index < -0.39 is 12.2 Å². The Morgan fingerprint density at radius 2 is 0.714 bits per heavy atom. The number of unbranched alkanes of at least 4 members (excludes halogenated alkanes) is 26. The monoisotopic (exact) mass is 787 g/mol. The molecular weight excluding hydrogens is 697 g/mol. The minimum atomic E-state index is -0.490. The van der Waals surface area contributed by atoms with Gasteiger partial charge in [-0.1, -0.05) is 201 Å². The van der Waals surface area contributed by atoms with Gasteiger partial charge in [-0.25, -0.2) is 9.59 Å². The fourth-order valence-corrected chi connectivity index (χ4v) is 7.43. The van der Waals surface area contributed by atoms with Gasteiger partial charge >= 0.3 is 12.2 Å². The van der Waals surface area contributed by atoms with Crippen molar-refractivity contribution in [3.05, 3.63) is 24.3 Å². The van der Waals surface area contributed by atoms with Crippen LogP contribution < -0.4 is 10.6 Å². The van der Waals surface area contributed by atoms with Crippen LogP contribution in [0, 0.1) is 0 Å². The molecule has 1 aromatic carbocycles. The lowest BCUT2D eigenvalue weighted by atomic mass is 10.0. The predicted octanol–water partition coefficient (Wildman–Crippen LogP) is 14.4. The molecule has 0 aromatic heterocycles. The Labute approximate surface area is 346 Å². The number of hydrogen-bond donors (Lipinski definition) is 2. The van der Waals surface area contributed by atoms with Gasteiger partial charge in [0, 0.05) is 24.5 Å². The van der Waals surface area contributed by atoms with Crippen LogP contribution in [0.3, 0.4) is 0 Å². The average Bonchev–Trinajstić information content (AvgIpc) is 3.19. The molecule has 0 aliphatic heterocycles. The summed E-state index contributed by atoms with van der Waals surface area (Å²) in [6, 6.07) is 7.06. The van der Waals surface area contributed by atoms with Gasteiger partial charge in [-0.15, -0.1) is 0 Å². The summed E-state index contributed by atoms with van der Waals surface area (Å²) in [7, 11) is 0. The van der Waals surface area contributed by atoms with Crippen molar-refractivity contribution in [3.8, 4) is 0 Å². The second kappa shape index (κ2) is 39.5. The van der Waals surface area contributed by atoms with E-state index in [-0.39, 0.29) is 0 Å². The second-order valence-corrected chi connectivity index (χ2v) is 16.2. The smallest absolute Gasteiger partial charge is 0.411 e. The number of likely N-dealkylation sites (N-methyl/N-ethyl adjacent to an activating group) is 2. The van der Waals surface area contributed by atoms with Crippen LogP contribution in [0.1, 0.15) is 207 Å². The Morgan fingerprint density at radius 1 is 0.429 bits per heavy atom. The molecule has 0 atom stereocenters. The normalized spacial score (nSPS) is 11.4. The lowest BCUT2D eigenvalue weighted by molar-refractivity contribution is 0.139. The molecule has 0 fully saturated rings. The number of hydrogen-bond acceptors (Lipinski definition) is 6. The molecule has 0 radical (unpaired) electrons. The number of ether oxygens (including phenoxy) is 2. The van der Waals surface area contributed by atoms with Gasteiger partial charge < -0.3 is 19.3 Å². The van der Waals surface area contributed by atoms with Gasteiger partial charge in [0.2, 0.25) is 0 Å². The first-order chi connectivity index (χ1) is 27.5. The number of carbonyl (C=O) groups excluding carboxylic acids is 2. The Bertz CT molecular complexity index is 949. The number of amides is 2. The number of carbonyl (C=O) groups is 2. The van der Waals surface area contributed by atoms with E-state index in [9.17, 15) is 9.59 Å². The first kappa shape index (κ1) is 51.7. The number of rotatable bonds is 40. The zero-order chi connectivity index (χ0) is 40.6. The third kappa shape index (κ3) is 32.7. The summed E-state index contributed by atoms with van der Waals surface area (Å²) in [6.07, 6.45) is 37.3. The summed E-state index contributed by atoms with van der Waals surface area (Å²) >= 11 is 0. The fraction of sp³-hybridized carbons (Fsp3) is 0.833. The topological polar surface area (TPSA) is 83.1 Å². The molecule has 0 spiro atoms. The highest BCUT2D eigenvalue weighted by atomic mass is 16.6. The van der Waals surface area contributed by atoms with Crippen LogP contribution in [-0.4, -0.2) is 74.5 Å². The van der Waals surface area contributed by atoms with Gasteiger partial charge in [-0.05, 0) is 57.2 Å². The van der Waals surface area contributed by atoms with Crippen molar-refractivity contribution in [2.45, 2.75) is 207 Å². The Hall–Kier alpha value is -2.32. The minimum absolute atomic E-state index is 0.344. The summed E-state index contributed by atoms with van der Waals surface area (Å²) in [5.41, 5.74) is 1.13. The maximum absolute atomic E-state index is 12.5. The highest BCUT2D eigenvalue weighted by Crippen LogP contribution is 2.17. The van der Waals surface area contributed by atoms with E-state index in [1.165, 1.54) is 180 Å². The van der Waals surface area contributed by atoms with Crippen LogP contribution in [0.5, 0.6) is 0 Å². The van der Waals surface area contributed by atoms with E-state index >= 15 is 0 Å². The summed E-state index contributed by atoms with van der Waals surface area (Å²) in [6.45, 7) is 15.0. The highest BCUT2D eigenvalue weighted by molar-refractivity contribution is 5.88. The van der Waals surface area contributed by atoms with Crippen LogP contribution in [0.25, 0.3) is 0 Å². The molecule has 2 amide bonds. The van der Waals surface area contributed by atoms with E-state index in [1.807, 2.05) is 0 Å². The van der Waals surface area contributed by atoms with Crippen molar-refractivity contribution in [2.75, 3.05) is 63.1 Å². The van der Waals surface area contributed by atoms with Crippen LogP contribution in [0.4, 0.5) is 21.0 Å². The van der Waals surface area contributed by atoms with Gasteiger partial charge in [-0.2, -0.15) is 0 Å². The van der Waals surface area contributed by atoms with E-state index in [0.29, 0.717) is 24.6 Å². The predicted molar refractivity (Wildman–Crippen MR) is 241 cm³/mol. The zero-order valence-electron chi connectivity index (χ0n) is 37.3. The molecule has 1 aromatic rings. The Kier molecular flexibility index (Phi) is 36.5.